The number of fused-ring (bicyclic) bond motifs is 6. The molecule has 5 N–H and O–H groups in total. The number of phenolic OH excluding ortho intramolecular Hbond substituents is 2. The maximum Gasteiger partial charge on any atom is 0.330 e. The van der Waals surface area contributed by atoms with Crippen LogP contribution in [0.1, 0.15) is 86.2 Å². The highest BCUT2D eigenvalue weighted by Gasteiger charge is 2.51. The van der Waals surface area contributed by atoms with Gasteiger partial charge in [-0.05, 0) is 37.6 Å². The molecule has 0 aromatic heterocycles. The molecule has 0 bridgehead atoms. The molecule has 15 nitrogen and oxygen atoms in total. The number of carbonyl (C=O) groups excluding carboxylic acids is 7. The van der Waals surface area contributed by atoms with Crippen LogP contribution in [0.2, 0.25) is 0 Å². The van der Waals surface area contributed by atoms with Gasteiger partial charge >= 0.3 is 5.97 Å². The molecular formula is C40H37N3O12. The van der Waals surface area contributed by atoms with E-state index < -0.39 is 87.6 Å². The number of methoxy groups -OCH3 is 2. The molecule has 2 aliphatic heterocycles. The molecule has 55 heavy (non-hydrogen) atoms. The minimum Gasteiger partial charge on any atom is -0.507 e. The van der Waals surface area contributed by atoms with Crippen molar-refractivity contribution >= 4 is 51.7 Å². The summed E-state index contributed by atoms with van der Waals surface area (Å²) in [6, 6.07) is 4.37. The smallest absolute Gasteiger partial charge is 0.330 e. The molecular weight excluding hydrogens is 714 g/mol. The van der Waals surface area contributed by atoms with E-state index in [0.29, 0.717) is 12.2 Å². The summed E-state index contributed by atoms with van der Waals surface area (Å²) in [7, 11) is 2.36. The van der Waals surface area contributed by atoms with Crippen molar-refractivity contribution in [1.82, 2.24) is 10.2 Å². The van der Waals surface area contributed by atoms with Crippen LogP contribution in [0.15, 0.2) is 53.6 Å². The van der Waals surface area contributed by atoms with E-state index in [2.05, 4.69) is 5.32 Å². The Labute approximate surface area is 313 Å². The highest BCUT2D eigenvalue weighted by molar-refractivity contribution is 6.35. The molecule has 284 valence electrons. The Kier molecular flexibility index (Phi) is 8.98. The number of ether oxygens (including phenoxy) is 3. The molecule has 1 saturated heterocycles. The zero-order valence-electron chi connectivity index (χ0n) is 30.5. The average Bonchev–Trinajstić information content (AvgIpc) is 3.18. The molecule has 0 saturated carbocycles. The summed E-state index contributed by atoms with van der Waals surface area (Å²) in [5.41, 5.74) is 4.28. The van der Waals surface area contributed by atoms with Gasteiger partial charge < -0.3 is 40.4 Å². The van der Waals surface area contributed by atoms with Gasteiger partial charge in [-0.25, -0.2) is 4.79 Å². The first-order valence-corrected chi connectivity index (χ1v) is 17.7. The van der Waals surface area contributed by atoms with E-state index in [1.165, 1.54) is 50.4 Å². The Hall–Kier alpha value is -6.51. The molecule has 4 aliphatic rings. The van der Waals surface area contributed by atoms with Crippen LogP contribution in [0.4, 0.5) is 0 Å². The van der Waals surface area contributed by atoms with E-state index in [0.717, 1.165) is 18.4 Å². The van der Waals surface area contributed by atoms with Crippen molar-refractivity contribution in [3.05, 3.63) is 87.0 Å². The van der Waals surface area contributed by atoms with Gasteiger partial charge in [0.1, 0.15) is 46.5 Å². The second kappa shape index (κ2) is 13.4. The molecule has 3 aromatic rings. The number of piperazine rings is 1. The van der Waals surface area contributed by atoms with Crippen LogP contribution in [-0.4, -0.2) is 88.9 Å². The zero-order chi connectivity index (χ0) is 39.8. The Morgan fingerprint density at radius 2 is 1.71 bits per heavy atom. The van der Waals surface area contributed by atoms with Gasteiger partial charge in [0.15, 0.2) is 17.3 Å². The van der Waals surface area contributed by atoms with Gasteiger partial charge in [0.05, 0.1) is 49.3 Å². The SMILES string of the molecule is CCCC(C)C1=CC2C(=O)c3ccc4c(OC)c5c(c(O)c4c3C(=O)C2/C(=C(\N)C(=O)N2CC(C(=O)OC)NC(=O)C2C)O1)C(=O)c1cccc(O)c1C5=O. The van der Waals surface area contributed by atoms with Crippen molar-refractivity contribution < 1.29 is 58.0 Å². The minimum absolute atomic E-state index is 0.0123. The second-order valence-electron chi connectivity index (χ2n) is 14.0. The predicted octanol–water partition coefficient (Wildman–Crippen LogP) is 3.06. The summed E-state index contributed by atoms with van der Waals surface area (Å²) in [5.74, 6) is -9.91. The number of amides is 2. The molecule has 0 radical (unpaired) electrons. The van der Waals surface area contributed by atoms with Crippen LogP contribution in [-0.2, 0) is 23.9 Å². The number of esters is 1. The number of nitrogens with zero attached hydrogens (tertiary/aromatic N) is 1. The molecule has 7 rings (SSSR count). The summed E-state index contributed by atoms with van der Waals surface area (Å²) in [5, 5.41) is 24.7. The number of Topliss-reactive ketones (excluding diaryl/α,β-unsaturated/α-hetero) is 2. The third kappa shape index (κ3) is 5.35. The summed E-state index contributed by atoms with van der Waals surface area (Å²) in [6.45, 7) is 4.91. The third-order valence-corrected chi connectivity index (χ3v) is 10.9. The number of benzene rings is 3. The van der Waals surface area contributed by atoms with Crippen LogP contribution < -0.4 is 15.8 Å². The Bertz CT molecular complexity index is 2380. The zero-order valence-corrected chi connectivity index (χ0v) is 30.5. The average molecular weight is 752 g/mol. The maximum atomic E-state index is 15.0. The van der Waals surface area contributed by atoms with Gasteiger partial charge in [-0.15, -0.1) is 0 Å². The van der Waals surface area contributed by atoms with Crippen LogP contribution in [0.5, 0.6) is 17.2 Å². The molecule has 15 heteroatoms. The fourth-order valence-electron chi connectivity index (χ4n) is 8.06. The fourth-order valence-corrected chi connectivity index (χ4v) is 8.06. The van der Waals surface area contributed by atoms with E-state index in [4.69, 9.17) is 19.9 Å². The number of ketones is 4. The summed E-state index contributed by atoms with van der Waals surface area (Å²) < 4.78 is 16.7. The number of hydrogen-bond acceptors (Lipinski definition) is 13. The lowest BCUT2D eigenvalue weighted by molar-refractivity contribution is -0.152. The number of nitrogens with two attached hydrogens (primary N) is 1. The first-order valence-electron chi connectivity index (χ1n) is 17.7. The fraction of sp³-hybridized carbons (Fsp3) is 0.325. The lowest BCUT2D eigenvalue weighted by Gasteiger charge is -2.39. The summed E-state index contributed by atoms with van der Waals surface area (Å²) in [4.78, 5) is 97.8. The minimum atomic E-state index is -1.55. The number of carbonyl (C=O) groups is 7. The highest BCUT2D eigenvalue weighted by atomic mass is 16.5. The Morgan fingerprint density at radius 1 is 0.982 bits per heavy atom. The van der Waals surface area contributed by atoms with E-state index in [1.54, 1.807) is 0 Å². The number of rotatable bonds is 6. The lowest BCUT2D eigenvalue weighted by Crippen LogP contribution is -2.63. The summed E-state index contributed by atoms with van der Waals surface area (Å²) in [6.07, 6.45) is 2.88. The van der Waals surface area contributed by atoms with Crippen molar-refractivity contribution in [2.24, 2.45) is 23.5 Å². The molecule has 5 unspecified atom stereocenters. The molecule has 1 fully saturated rings. The molecule has 3 aromatic carbocycles. The Morgan fingerprint density at radius 3 is 2.38 bits per heavy atom. The van der Waals surface area contributed by atoms with E-state index in [-0.39, 0.29) is 62.6 Å². The van der Waals surface area contributed by atoms with Crippen LogP contribution >= 0.6 is 0 Å². The van der Waals surface area contributed by atoms with Gasteiger partial charge in [-0.1, -0.05) is 32.4 Å². The van der Waals surface area contributed by atoms with Crippen molar-refractivity contribution in [2.45, 2.75) is 45.7 Å². The number of allylic oxidation sites excluding steroid dienone is 3. The topological polar surface area (TPSA) is 229 Å². The van der Waals surface area contributed by atoms with Gasteiger partial charge in [-0.2, -0.15) is 0 Å². The third-order valence-electron chi connectivity index (χ3n) is 10.9. The number of nitrogens with one attached hydrogen (secondary N) is 1. The van der Waals surface area contributed by atoms with Crippen molar-refractivity contribution in [3.63, 3.8) is 0 Å². The van der Waals surface area contributed by atoms with Crippen LogP contribution in [0, 0.1) is 17.8 Å². The van der Waals surface area contributed by atoms with Gasteiger partial charge in [0.25, 0.3) is 5.91 Å². The lowest BCUT2D eigenvalue weighted by atomic mass is 9.69. The second-order valence-corrected chi connectivity index (χ2v) is 14.0. The number of aromatic hydroxyl groups is 2. The van der Waals surface area contributed by atoms with Crippen molar-refractivity contribution in [3.8, 4) is 17.2 Å². The summed E-state index contributed by atoms with van der Waals surface area (Å²) >= 11 is 0. The van der Waals surface area contributed by atoms with Crippen molar-refractivity contribution in [2.75, 3.05) is 20.8 Å². The quantitative estimate of drug-likeness (QED) is 0.164. The molecule has 2 heterocycles. The van der Waals surface area contributed by atoms with Gasteiger partial charge in [-0.3, -0.25) is 28.8 Å². The first kappa shape index (κ1) is 36.8. The normalized spacial score (nSPS) is 23.0. The monoisotopic (exact) mass is 751 g/mol. The molecule has 2 aliphatic carbocycles. The largest absolute Gasteiger partial charge is 0.507 e. The standard InChI is InChI=1S/C40H37N3O12/c1-6-8-15(2)23-13-20-27(37(55-23)30(41)39(51)43-14-21(40(52)54-5)42-38(50)16(43)3)34(48)25-18(31(20)45)11-12-19-26(25)35(49)28-29(36(19)53-4)33(47)24-17(32(28)46)9-7-10-22(24)44/h7,9-13,15-16,20-21,27,44,49H,6,8,14,41H2,1-5H3,(H,42,50)/b37-30+. The maximum absolute atomic E-state index is 15.0. The number of phenols is 2. The molecule has 2 amide bonds. The van der Waals surface area contributed by atoms with Crippen molar-refractivity contribution in [1.29, 1.82) is 0 Å². The van der Waals surface area contributed by atoms with E-state index in [9.17, 15) is 43.8 Å². The van der Waals surface area contributed by atoms with Gasteiger partial charge in [0, 0.05) is 33.4 Å². The van der Waals surface area contributed by atoms with Crippen LogP contribution in [0.25, 0.3) is 10.8 Å². The number of hydrogen-bond donors (Lipinski definition) is 4. The molecule has 5 atom stereocenters. The predicted molar refractivity (Wildman–Crippen MR) is 192 cm³/mol. The van der Waals surface area contributed by atoms with E-state index >= 15 is 0 Å². The highest BCUT2D eigenvalue weighted by Crippen LogP contribution is 2.51. The van der Waals surface area contributed by atoms with E-state index in [1.807, 2.05) is 13.8 Å². The first-order chi connectivity index (χ1) is 26.2. The molecule has 0 spiro atoms. The van der Waals surface area contributed by atoms with Gasteiger partial charge in [0.2, 0.25) is 11.7 Å². The van der Waals surface area contributed by atoms with Crippen LogP contribution in [0.3, 0.4) is 0 Å². The Balaban J connectivity index is 1.45.